The Hall–Kier alpha value is -2.93. The average molecular weight is 288 g/mol. The molecule has 3 aromatic rings. The molecule has 4 nitrogen and oxygen atoms in total. The monoisotopic (exact) mass is 288 g/mol. The Kier molecular flexibility index (Phi) is 3.48. The van der Waals surface area contributed by atoms with E-state index in [1.165, 1.54) is 0 Å². The molecule has 0 saturated heterocycles. The van der Waals surface area contributed by atoms with Gasteiger partial charge in [-0.3, -0.25) is 4.98 Å². The average Bonchev–Trinajstić information content (AvgIpc) is 2.88. The highest BCUT2D eigenvalue weighted by Gasteiger charge is 2.14. The molecule has 0 spiro atoms. The first-order chi connectivity index (χ1) is 10.7. The lowest BCUT2D eigenvalue weighted by atomic mass is 10.1. The van der Waals surface area contributed by atoms with Crippen molar-refractivity contribution in [2.75, 3.05) is 0 Å². The Morgan fingerprint density at radius 3 is 2.59 bits per heavy atom. The Morgan fingerprint density at radius 1 is 1.23 bits per heavy atom. The Balaban J connectivity index is 2.26. The molecule has 0 aliphatic heterocycles. The predicted molar refractivity (Wildman–Crippen MR) is 88.1 cm³/mol. The van der Waals surface area contributed by atoms with E-state index < -0.39 is 0 Å². The van der Waals surface area contributed by atoms with Gasteiger partial charge in [0.1, 0.15) is 11.3 Å². The fourth-order valence-electron chi connectivity index (χ4n) is 2.65. The highest BCUT2D eigenvalue weighted by atomic mass is 15.1. The molecule has 0 fully saturated rings. The second-order valence-electron chi connectivity index (χ2n) is 5.17. The van der Waals surface area contributed by atoms with Gasteiger partial charge in [-0.2, -0.15) is 5.26 Å². The van der Waals surface area contributed by atoms with Crippen LogP contribution >= 0.6 is 0 Å². The van der Waals surface area contributed by atoms with Crippen molar-refractivity contribution in [1.29, 1.82) is 5.26 Å². The van der Waals surface area contributed by atoms with Crippen LogP contribution < -0.4 is 0 Å². The molecule has 0 unspecified atom stereocenters. The molecule has 4 heteroatoms. The van der Waals surface area contributed by atoms with Crippen molar-refractivity contribution in [2.24, 2.45) is 7.05 Å². The van der Waals surface area contributed by atoms with Crippen LogP contribution in [-0.4, -0.2) is 14.5 Å². The van der Waals surface area contributed by atoms with Gasteiger partial charge in [-0.15, -0.1) is 0 Å². The lowest BCUT2D eigenvalue weighted by Crippen LogP contribution is -1.96. The molecule has 0 aliphatic carbocycles. The molecule has 0 bridgehead atoms. The fraction of sp³-hybridized carbons (Fsp3) is 0.167. The van der Waals surface area contributed by atoms with Crippen LogP contribution in [0.4, 0.5) is 0 Å². The number of nitriles is 1. The first-order valence-corrected chi connectivity index (χ1v) is 7.11. The minimum atomic E-state index is 0.648. The van der Waals surface area contributed by atoms with E-state index in [2.05, 4.69) is 21.7 Å². The van der Waals surface area contributed by atoms with E-state index >= 15 is 0 Å². The first kappa shape index (κ1) is 14.0. The van der Waals surface area contributed by atoms with Gasteiger partial charge in [0, 0.05) is 23.9 Å². The maximum atomic E-state index is 8.91. The van der Waals surface area contributed by atoms with Crippen molar-refractivity contribution in [1.82, 2.24) is 14.5 Å². The van der Waals surface area contributed by atoms with Crippen LogP contribution in [0.3, 0.4) is 0 Å². The summed E-state index contributed by atoms with van der Waals surface area (Å²) in [5.74, 6) is 0.873. The molecule has 0 aliphatic rings. The third-order valence-corrected chi connectivity index (χ3v) is 3.75. The van der Waals surface area contributed by atoms with E-state index in [9.17, 15) is 0 Å². The number of hydrogen-bond donors (Lipinski definition) is 0. The number of aryl methyl sites for hydroxylation is 2. The third kappa shape index (κ3) is 2.17. The zero-order valence-corrected chi connectivity index (χ0v) is 12.8. The molecule has 0 radical (unpaired) electrons. The van der Waals surface area contributed by atoms with Gasteiger partial charge in [0.15, 0.2) is 0 Å². The minimum absolute atomic E-state index is 0.648. The van der Waals surface area contributed by atoms with Gasteiger partial charge in [-0.25, -0.2) is 4.98 Å². The zero-order valence-electron chi connectivity index (χ0n) is 12.8. The standard InChI is InChI=1S/C18H16N4/c1-4-5-15-12(2)20-11-16-17(15)22(3)18(21-16)14-8-6-13(10-19)7-9-14/h4-9,11H,1-3H3/b5-4-. The van der Waals surface area contributed by atoms with Gasteiger partial charge in [0.2, 0.25) is 0 Å². The number of pyridine rings is 1. The van der Waals surface area contributed by atoms with E-state index in [1.54, 1.807) is 0 Å². The summed E-state index contributed by atoms with van der Waals surface area (Å²) in [5, 5.41) is 8.91. The molecule has 3 rings (SSSR count). The van der Waals surface area contributed by atoms with Crippen LogP contribution in [0.1, 0.15) is 23.7 Å². The van der Waals surface area contributed by atoms with Gasteiger partial charge in [-0.1, -0.05) is 12.2 Å². The Labute approximate surface area is 129 Å². The highest BCUT2D eigenvalue weighted by Crippen LogP contribution is 2.27. The molecular formula is C18H16N4. The van der Waals surface area contributed by atoms with Crippen LogP contribution in [-0.2, 0) is 7.05 Å². The van der Waals surface area contributed by atoms with Gasteiger partial charge in [0.05, 0.1) is 23.3 Å². The number of aromatic nitrogens is 3. The lowest BCUT2D eigenvalue weighted by molar-refractivity contribution is 0.956. The first-order valence-electron chi connectivity index (χ1n) is 7.11. The molecule has 22 heavy (non-hydrogen) atoms. The van der Waals surface area contributed by atoms with Gasteiger partial charge < -0.3 is 4.57 Å². The largest absolute Gasteiger partial charge is 0.327 e. The van der Waals surface area contributed by atoms with Crippen LogP contribution in [0, 0.1) is 18.3 Å². The molecular weight excluding hydrogens is 272 g/mol. The fourth-order valence-corrected chi connectivity index (χ4v) is 2.65. The van der Waals surface area contributed by atoms with E-state index in [0.717, 1.165) is 33.7 Å². The molecule has 2 aromatic heterocycles. The Morgan fingerprint density at radius 2 is 1.95 bits per heavy atom. The molecule has 1 aromatic carbocycles. The van der Waals surface area contributed by atoms with Crippen LogP contribution in [0.25, 0.3) is 28.5 Å². The van der Waals surface area contributed by atoms with Crippen molar-refractivity contribution < 1.29 is 0 Å². The molecule has 2 heterocycles. The summed E-state index contributed by atoms with van der Waals surface area (Å²) in [5.41, 5.74) is 5.66. The van der Waals surface area contributed by atoms with E-state index in [0.29, 0.717) is 5.56 Å². The number of rotatable bonds is 2. The van der Waals surface area contributed by atoms with Crippen LogP contribution in [0.5, 0.6) is 0 Å². The number of allylic oxidation sites excluding steroid dienone is 1. The SMILES string of the molecule is C/C=C\c1c(C)ncc2nc(-c3ccc(C#N)cc3)n(C)c12. The van der Waals surface area contributed by atoms with E-state index in [4.69, 9.17) is 10.2 Å². The normalized spacial score (nSPS) is 11.2. The maximum absolute atomic E-state index is 8.91. The lowest BCUT2D eigenvalue weighted by Gasteiger charge is -2.06. The summed E-state index contributed by atoms with van der Waals surface area (Å²) in [6, 6.07) is 9.61. The summed E-state index contributed by atoms with van der Waals surface area (Å²) >= 11 is 0. The van der Waals surface area contributed by atoms with Crippen molar-refractivity contribution in [2.45, 2.75) is 13.8 Å². The van der Waals surface area contributed by atoms with Crippen molar-refractivity contribution in [3.8, 4) is 17.5 Å². The van der Waals surface area contributed by atoms with E-state index in [-0.39, 0.29) is 0 Å². The topological polar surface area (TPSA) is 54.5 Å². The number of benzene rings is 1. The zero-order chi connectivity index (χ0) is 15.7. The number of fused-ring (bicyclic) bond motifs is 1. The predicted octanol–water partition coefficient (Wildman–Crippen LogP) is 3.85. The smallest absolute Gasteiger partial charge is 0.140 e. The van der Waals surface area contributed by atoms with Crippen LogP contribution in [0.2, 0.25) is 0 Å². The third-order valence-electron chi connectivity index (χ3n) is 3.75. The van der Waals surface area contributed by atoms with Crippen molar-refractivity contribution >= 4 is 17.1 Å². The van der Waals surface area contributed by atoms with Gasteiger partial charge in [0.25, 0.3) is 0 Å². The summed E-state index contributed by atoms with van der Waals surface area (Å²) in [6.45, 7) is 4.00. The molecule has 0 saturated carbocycles. The number of hydrogen-bond acceptors (Lipinski definition) is 3. The summed E-state index contributed by atoms with van der Waals surface area (Å²) in [7, 11) is 2.01. The van der Waals surface area contributed by atoms with Crippen molar-refractivity contribution in [3.05, 3.63) is 53.4 Å². The molecule has 0 amide bonds. The minimum Gasteiger partial charge on any atom is -0.327 e. The van der Waals surface area contributed by atoms with Gasteiger partial charge >= 0.3 is 0 Å². The molecule has 0 atom stereocenters. The second-order valence-corrected chi connectivity index (χ2v) is 5.17. The van der Waals surface area contributed by atoms with Gasteiger partial charge in [-0.05, 0) is 38.1 Å². The number of imidazole rings is 1. The summed E-state index contributed by atoms with van der Waals surface area (Å²) in [6.07, 6.45) is 5.89. The summed E-state index contributed by atoms with van der Waals surface area (Å²) < 4.78 is 2.08. The second kappa shape index (κ2) is 5.45. The van der Waals surface area contributed by atoms with Crippen molar-refractivity contribution in [3.63, 3.8) is 0 Å². The molecule has 0 N–H and O–H groups in total. The highest BCUT2D eigenvalue weighted by molar-refractivity contribution is 5.88. The molecule has 108 valence electrons. The Bertz CT molecular complexity index is 909. The van der Waals surface area contributed by atoms with Crippen LogP contribution in [0.15, 0.2) is 36.5 Å². The quantitative estimate of drug-likeness (QED) is 0.719. The number of nitrogens with zero attached hydrogens (tertiary/aromatic N) is 4. The summed E-state index contributed by atoms with van der Waals surface area (Å²) in [4.78, 5) is 9.14. The van der Waals surface area contributed by atoms with E-state index in [1.807, 2.05) is 57.4 Å². The maximum Gasteiger partial charge on any atom is 0.140 e.